The van der Waals surface area contributed by atoms with Crippen molar-refractivity contribution in [2.45, 2.75) is 43.9 Å². The fourth-order valence-corrected chi connectivity index (χ4v) is 9.36. The van der Waals surface area contributed by atoms with Crippen molar-refractivity contribution in [3.8, 4) is 45.3 Å². The molecule has 4 bridgehead atoms. The van der Waals surface area contributed by atoms with Crippen LogP contribution in [-0.2, 0) is 5.41 Å². The Morgan fingerprint density at radius 2 is 1.04 bits per heavy atom. The van der Waals surface area contributed by atoms with E-state index >= 15 is 0 Å². The van der Waals surface area contributed by atoms with E-state index in [9.17, 15) is 0 Å². The molecule has 222 valence electrons. The first kappa shape index (κ1) is 27.2. The van der Waals surface area contributed by atoms with Gasteiger partial charge >= 0.3 is 0 Å². The highest BCUT2D eigenvalue weighted by molar-refractivity contribution is 6.00. The van der Waals surface area contributed by atoms with Gasteiger partial charge in [-0.1, -0.05) is 109 Å². The SMILES string of the molecule is [C-]#[N+]c1cc(-c2ccc(C34CC5CC(CC(C5)C3)C4)c3ccccc23)ccc1-c1nc(-c2ccccc2)nc(-c2ccccc2)n1. The van der Waals surface area contributed by atoms with Crippen LogP contribution in [0.1, 0.15) is 44.1 Å². The van der Waals surface area contributed by atoms with Crippen LogP contribution >= 0.6 is 0 Å². The van der Waals surface area contributed by atoms with Crippen LogP contribution in [0.5, 0.6) is 0 Å². The average molecular weight is 595 g/mol. The van der Waals surface area contributed by atoms with Gasteiger partial charge in [-0.05, 0) is 95.2 Å². The fourth-order valence-electron chi connectivity index (χ4n) is 9.36. The zero-order valence-corrected chi connectivity index (χ0v) is 25.7. The molecule has 0 aliphatic heterocycles. The van der Waals surface area contributed by atoms with Crippen LogP contribution in [0.15, 0.2) is 115 Å². The predicted molar refractivity (Wildman–Crippen MR) is 185 cm³/mol. The van der Waals surface area contributed by atoms with Gasteiger partial charge in [0.15, 0.2) is 23.2 Å². The summed E-state index contributed by atoms with van der Waals surface area (Å²) >= 11 is 0. The molecular formula is C42H34N4. The Morgan fingerprint density at radius 3 is 1.63 bits per heavy atom. The van der Waals surface area contributed by atoms with Crippen LogP contribution in [0.4, 0.5) is 5.69 Å². The number of nitrogens with zero attached hydrogens (tertiary/aromatic N) is 4. The number of hydrogen-bond donors (Lipinski definition) is 0. The molecule has 5 aromatic carbocycles. The molecule has 46 heavy (non-hydrogen) atoms. The van der Waals surface area contributed by atoms with Gasteiger partial charge in [0.05, 0.1) is 6.57 Å². The van der Waals surface area contributed by atoms with Gasteiger partial charge in [0.25, 0.3) is 0 Å². The van der Waals surface area contributed by atoms with Gasteiger partial charge in [-0.3, -0.25) is 0 Å². The third-order valence-electron chi connectivity index (χ3n) is 10.9. The van der Waals surface area contributed by atoms with Crippen LogP contribution < -0.4 is 0 Å². The molecule has 0 radical (unpaired) electrons. The summed E-state index contributed by atoms with van der Waals surface area (Å²) in [6, 6.07) is 39.8. The maximum atomic E-state index is 8.21. The Hall–Kier alpha value is -5.14. The number of benzene rings is 5. The van der Waals surface area contributed by atoms with Gasteiger partial charge < -0.3 is 0 Å². The highest BCUT2D eigenvalue weighted by Crippen LogP contribution is 2.61. The van der Waals surface area contributed by atoms with Crippen LogP contribution in [0.3, 0.4) is 0 Å². The first-order valence-electron chi connectivity index (χ1n) is 16.6. The van der Waals surface area contributed by atoms with E-state index in [-0.39, 0.29) is 0 Å². The van der Waals surface area contributed by atoms with Gasteiger partial charge in [-0.25, -0.2) is 19.8 Å². The Morgan fingerprint density at radius 1 is 0.522 bits per heavy atom. The van der Waals surface area contributed by atoms with Crippen LogP contribution in [0.25, 0.3) is 60.9 Å². The molecule has 6 aromatic rings. The summed E-state index contributed by atoms with van der Waals surface area (Å²) in [5.41, 5.74) is 7.17. The van der Waals surface area contributed by atoms with E-state index in [0.29, 0.717) is 34.1 Å². The summed E-state index contributed by atoms with van der Waals surface area (Å²) < 4.78 is 0. The predicted octanol–water partition coefficient (Wildman–Crippen LogP) is 10.7. The van der Waals surface area contributed by atoms with Gasteiger partial charge in [0, 0.05) is 16.7 Å². The van der Waals surface area contributed by atoms with E-state index in [4.69, 9.17) is 21.5 Å². The third-order valence-corrected chi connectivity index (χ3v) is 10.9. The van der Waals surface area contributed by atoms with E-state index in [1.807, 2.05) is 72.8 Å². The molecule has 4 aliphatic carbocycles. The standard InChI is InChI=1S/C42H34N4/c1-43-38-23-32(16-17-36(38)41-45-39(30-10-4-2-5-11-30)44-40(46-41)31-12-6-3-7-13-31)33-18-19-37(35-15-9-8-14-34(33)35)42-24-27-20-28(25-42)22-29(21-27)26-42/h2-19,23,27-29H,20-22,24-26H2. The van der Waals surface area contributed by atoms with Gasteiger partial charge in [-0.2, -0.15) is 0 Å². The van der Waals surface area contributed by atoms with Crippen molar-refractivity contribution >= 4 is 16.5 Å². The van der Waals surface area contributed by atoms with E-state index < -0.39 is 0 Å². The molecule has 0 spiro atoms. The van der Waals surface area contributed by atoms with Crippen LogP contribution in [0, 0.1) is 24.3 Å². The third kappa shape index (κ3) is 4.53. The molecule has 4 heteroatoms. The lowest BCUT2D eigenvalue weighted by Gasteiger charge is -2.57. The van der Waals surface area contributed by atoms with Gasteiger partial charge in [0.1, 0.15) is 0 Å². The summed E-state index contributed by atoms with van der Waals surface area (Å²) in [5, 5.41) is 2.66. The lowest BCUT2D eigenvalue weighted by Crippen LogP contribution is -2.48. The Kier molecular flexibility index (Phi) is 6.35. The highest BCUT2D eigenvalue weighted by atomic mass is 15.0. The molecule has 4 saturated carbocycles. The van der Waals surface area contributed by atoms with E-state index in [0.717, 1.165) is 34.4 Å². The van der Waals surface area contributed by atoms with Crippen molar-refractivity contribution in [1.82, 2.24) is 15.0 Å². The molecule has 4 nitrogen and oxygen atoms in total. The lowest BCUT2D eigenvalue weighted by atomic mass is 9.47. The summed E-state index contributed by atoms with van der Waals surface area (Å²) in [6.45, 7) is 8.21. The van der Waals surface area contributed by atoms with E-state index in [2.05, 4.69) is 47.3 Å². The smallest absolute Gasteiger partial charge is 0.198 e. The van der Waals surface area contributed by atoms with Gasteiger partial charge in [0.2, 0.25) is 0 Å². The monoisotopic (exact) mass is 594 g/mol. The summed E-state index contributed by atoms with van der Waals surface area (Å²) in [4.78, 5) is 18.6. The Bertz CT molecular complexity index is 2050. The maximum Gasteiger partial charge on any atom is 0.198 e. The van der Waals surface area contributed by atoms with Crippen LogP contribution in [0.2, 0.25) is 0 Å². The topological polar surface area (TPSA) is 43.0 Å². The Labute approximate surface area is 270 Å². The molecule has 10 rings (SSSR count). The zero-order valence-electron chi connectivity index (χ0n) is 25.7. The fraction of sp³-hybridized carbons (Fsp3) is 0.238. The minimum absolute atomic E-state index is 0.323. The molecule has 0 saturated heterocycles. The van der Waals surface area contributed by atoms with Gasteiger partial charge in [-0.15, -0.1) is 0 Å². The molecule has 0 amide bonds. The molecule has 4 fully saturated rings. The number of hydrogen-bond acceptors (Lipinski definition) is 3. The second kappa shape index (κ2) is 10.7. The number of rotatable bonds is 5. The zero-order chi connectivity index (χ0) is 30.7. The highest BCUT2D eigenvalue weighted by Gasteiger charge is 2.52. The minimum atomic E-state index is 0.323. The van der Waals surface area contributed by atoms with Crippen molar-refractivity contribution in [3.05, 3.63) is 132 Å². The molecule has 0 unspecified atom stereocenters. The second-order valence-corrected chi connectivity index (χ2v) is 13.8. The van der Waals surface area contributed by atoms with Crippen LogP contribution in [-0.4, -0.2) is 15.0 Å². The average Bonchev–Trinajstić information content (AvgIpc) is 3.11. The second-order valence-electron chi connectivity index (χ2n) is 13.8. The van der Waals surface area contributed by atoms with Crippen molar-refractivity contribution in [2.24, 2.45) is 17.8 Å². The summed E-state index contributed by atoms with van der Waals surface area (Å²) in [7, 11) is 0. The summed E-state index contributed by atoms with van der Waals surface area (Å²) in [6.07, 6.45) is 8.38. The molecule has 1 heterocycles. The lowest BCUT2D eigenvalue weighted by molar-refractivity contribution is -0.00449. The largest absolute Gasteiger partial charge is 0.237 e. The van der Waals surface area contributed by atoms with Crippen molar-refractivity contribution < 1.29 is 0 Å². The quantitative estimate of drug-likeness (QED) is 0.187. The Balaban J connectivity index is 1.15. The molecule has 1 aromatic heterocycles. The number of aromatic nitrogens is 3. The van der Waals surface area contributed by atoms with Crippen molar-refractivity contribution in [2.75, 3.05) is 0 Å². The summed E-state index contributed by atoms with van der Waals surface area (Å²) in [5.74, 6) is 4.40. The maximum absolute atomic E-state index is 8.21. The molecule has 4 aliphatic rings. The first-order valence-corrected chi connectivity index (χ1v) is 16.6. The molecule has 0 atom stereocenters. The van der Waals surface area contributed by atoms with E-state index in [1.54, 1.807) is 5.56 Å². The molecule has 0 N–H and O–H groups in total. The normalized spacial score (nSPS) is 23.0. The number of fused-ring (bicyclic) bond motifs is 1. The molecular weight excluding hydrogens is 560 g/mol. The van der Waals surface area contributed by atoms with Crippen molar-refractivity contribution in [3.63, 3.8) is 0 Å². The van der Waals surface area contributed by atoms with Crippen molar-refractivity contribution in [1.29, 1.82) is 0 Å². The first-order chi connectivity index (χ1) is 22.7. The van der Waals surface area contributed by atoms with E-state index in [1.165, 1.54) is 54.9 Å². The minimum Gasteiger partial charge on any atom is -0.237 e.